The van der Waals surface area contributed by atoms with Gasteiger partial charge < -0.3 is 5.32 Å². The van der Waals surface area contributed by atoms with E-state index in [9.17, 15) is 0 Å². The first-order valence-electron chi connectivity index (χ1n) is 5.67. The first-order valence-corrected chi connectivity index (χ1v) is 6.04. The molecule has 0 saturated heterocycles. The van der Waals surface area contributed by atoms with Gasteiger partial charge in [0.1, 0.15) is 16.9 Å². The molecule has 1 rings (SSSR count). The van der Waals surface area contributed by atoms with E-state index in [2.05, 4.69) is 38.0 Å². The monoisotopic (exact) mass is 251 g/mol. The number of pyridine rings is 1. The van der Waals surface area contributed by atoms with Crippen molar-refractivity contribution in [2.24, 2.45) is 11.3 Å². The van der Waals surface area contributed by atoms with E-state index >= 15 is 0 Å². The lowest BCUT2D eigenvalue weighted by atomic mass is 9.81. The zero-order valence-electron chi connectivity index (χ0n) is 10.7. The SMILES string of the molecule is CC(C)C(C)(C)CNc1nccc(C#N)c1Cl. The van der Waals surface area contributed by atoms with Crippen LogP contribution in [0.4, 0.5) is 5.82 Å². The maximum Gasteiger partial charge on any atom is 0.146 e. The quantitative estimate of drug-likeness (QED) is 0.888. The zero-order chi connectivity index (χ0) is 13.1. The van der Waals surface area contributed by atoms with Crippen molar-refractivity contribution >= 4 is 17.4 Å². The molecular weight excluding hydrogens is 234 g/mol. The minimum absolute atomic E-state index is 0.146. The van der Waals surface area contributed by atoms with Crippen LogP contribution in [0.3, 0.4) is 0 Å². The summed E-state index contributed by atoms with van der Waals surface area (Å²) < 4.78 is 0. The minimum atomic E-state index is 0.146. The Morgan fingerprint density at radius 1 is 1.53 bits per heavy atom. The number of hydrogen-bond donors (Lipinski definition) is 1. The number of nitrogens with one attached hydrogen (secondary N) is 1. The summed E-state index contributed by atoms with van der Waals surface area (Å²) in [6.07, 6.45) is 1.59. The van der Waals surface area contributed by atoms with Gasteiger partial charge in [0, 0.05) is 12.7 Å². The highest BCUT2D eigenvalue weighted by atomic mass is 35.5. The first kappa shape index (κ1) is 13.8. The fraction of sp³-hybridized carbons (Fsp3) is 0.538. The molecule has 0 aliphatic rings. The van der Waals surface area contributed by atoms with Crippen molar-refractivity contribution in [3.05, 3.63) is 22.8 Å². The minimum Gasteiger partial charge on any atom is -0.368 e. The topological polar surface area (TPSA) is 48.7 Å². The van der Waals surface area contributed by atoms with Gasteiger partial charge in [-0.05, 0) is 17.4 Å². The predicted octanol–water partition coefficient (Wildman–Crippen LogP) is 3.70. The number of anilines is 1. The Bertz CT molecular complexity index is 433. The molecule has 0 radical (unpaired) electrons. The lowest BCUT2D eigenvalue weighted by Crippen LogP contribution is -2.28. The van der Waals surface area contributed by atoms with Crippen LogP contribution in [0.15, 0.2) is 12.3 Å². The number of aromatic nitrogens is 1. The maximum absolute atomic E-state index is 8.87. The largest absolute Gasteiger partial charge is 0.368 e. The van der Waals surface area contributed by atoms with E-state index in [1.807, 2.05) is 6.07 Å². The molecule has 0 aliphatic carbocycles. The Morgan fingerprint density at radius 3 is 2.71 bits per heavy atom. The van der Waals surface area contributed by atoms with Gasteiger partial charge in [-0.1, -0.05) is 39.3 Å². The van der Waals surface area contributed by atoms with Crippen LogP contribution in [-0.2, 0) is 0 Å². The molecule has 0 aliphatic heterocycles. The third-order valence-electron chi connectivity index (χ3n) is 3.28. The van der Waals surface area contributed by atoms with Crippen molar-refractivity contribution in [3.8, 4) is 6.07 Å². The van der Waals surface area contributed by atoms with Gasteiger partial charge in [0.15, 0.2) is 0 Å². The summed E-state index contributed by atoms with van der Waals surface area (Å²) in [5, 5.41) is 12.5. The average molecular weight is 252 g/mol. The molecule has 4 heteroatoms. The van der Waals surface area contributed by atoms with Gasteiger partial charge in [0.05, 0.1) is 5.56 Å². The lowest BCUT2D eigenvalue weighted by Gasteiger charge is -2.29. The van der Waals surface area contributed by atoms with Crippen LogP contribution < -0.4 is 5.32 Å². The Hall–Kier alpha value is -1.27. The van der Waals surface area contributed by atoms with E-state index < -0.39 is 0 Å². The highest BCUT2D eigenvalue weighted by Gasteiger charge is 2.22. The summed E-state index contributed by atoms with van der Waals surface area (Å²) in [5.74, 6) is 1.13. The standard InChI is InChI=1S/C13H18ClN3/c1-9(2)13(3,4)8-17-12-11(14)10(7-15)5-6-16-12/h5-6,9H,8H2,1-4H3,(H,16,17). The van der Waals surface area contributed by atoms with E-state index in [1.165, 1.54) is 0 Å². The molecule has 1 heterocycles. The molecule has 0 amide bonds. The van der Waals surface area contributed by atoms with Gasteiger partial charge in [-0.3, -0.25) is 0 Å². The molecule has 1 N–H and O–H groups in total. The fourth-order valence-corrected chi connectivity index (χ4v) is 1.39. The molecule has 0 aromatic carbocycles. The zero-order valence-corrected chi connectivity index (χ0v) is 11.5. The van der Waals surface area contributed by atoms with Crippen LogP contribution in [0.1, 0.15) is 33.3 Å². The lowest BCUT2D eigenvalue weighted by molar-refractivity contribution is 0.269. The number of nitrogens with zero attached hydrogens (tertiary/aromatic N) is 2. The Labute approximate surface area is 108 Å². The molecular formula is C13H18ClN3. The van der Waals surface area contributed by atoms with Gasteiger partial charge >= 0.3 is 0 Å². The summed E-state index contributed by atoms with van der Waals surface area (Å²) in [5.41, 5.74) is 0.597. The number of nitriles is 1. The van der Waals surface area contributed by atoms with Crippen LogP contribution in [0.25, 0.3) is 0 Å². The van der Waals surface area contributed by atoms with Gasteiger partial charge in [-0.25, -0.2) is 4.98 Å². The second-order valence-corrected chi connectivity index (χ2v) is 5.51. The van der Waals surface area contributed by atoms with Crippen molar-refractivity contribution < 1.29 is 0 Å². The summed E-state index contributed by atoms with van der Waals surface area (Å²) in [6.45, 7) is 9.51. The molecule has 0 atom stereocenters. The highest BCUT2D eigenvalue weighted by Crippen LogP contribution is 2.28. The first-order chi connectivity index (χ1) is 7.88. The molecule has 0 unspecified atom stereocenters. The molecule has 1 aromatic rings. The number of rotatable bonds is 4. The van der Waals surface area contributed by atoms with E-state index in [4.69, 9.17) is 16.9 Å². The van der Waals surface area contributed by atoms with Crippen molar-refractivity contribution in [1.82, 2.24) is 4.98 Å². The molecule has 92 valence electrons. The number of hydrogen-bond acceptors (Lipinski definition) is 3. The van der Waals surface area contributed by atoms with E-state index in [-0.39, 0.29) is 5.41 Å². The highest BCUT2D eigenvalue weighted by molar-refractivity contribution is 6.34. The Kier molecular flexibility index (Phi) is 4.36. The van der Waals surface area contributed by atoms with Crippen molar-refractivity contribution in [2.45, 2.75) is 27.7 Å². The van der Waals surface area contributed by atoms with E-state index in [0.717, 1.165) is 6.54 Å². The van der Waals surface area contributed by atoms with E-state index in [1.54, 1.807) is 12.3 Å². The normalized spacial score (nSPS) is 11.4. The van der Waals surface area contributed by atoms with Crippen molar-refractivity contribution in [2.75, 3.05) is 11.9 Å². The van der Waals surface area contributed by atoms with E-state index in [0.29, 0.717) is 22.3 Å². The third kappa shape index (κ3) is 3.34. The van der Waals surface area contributed by atoms with Gasteiger partial charge in [0.2, 0.25) is 0 Å². The molecule has 0 saturated carbocycles. The van der Waals surface area contributed by atoms with Crippen LogP contribution in [0.5, 0.6) is 0 Å². The summed E-state index contributed by atoms with van der Waals surface area (Å²) in [7, 11) is 0. The van der Waals surface area contributed by atoms with Crippen molar-refractivity contribution in [1.29, 1.82) is 5.26 Å². The number of halogens is 1. The van der Waals surface area contributed by atoms with Gasteiger partial charge in [0.25, 0.3) is 0 Å². The predicted molar refractivity (Wildman–Crippen MR) is 71.1 cm³/mol. The third-order valence-corrected chi connectivity index (χ3v) is 3.67. The molecule has 3 nitrogen and oxygen atoms in total. The van der Waals surface area contributed by atoms with Crippen LogP contribution in [0.2, 0.25) is 5.02 Å². The van der Waals surface area contributed by atoms with Crippen LogP contribution >= 0.6 is 11.6 Å². The second-order valence-electron chi connectivity index (χ2n) is 5.13. The Morgan fingerprint density at radius 2 is 2.18 bits per heavy atom. The molecule has 0 fully saturated rings. The van der Waals surface area contributed by atoms with Gasteiger partial charge in [-0.2, -0.15) is 5.26 Å². The van der Waals surface area contributed by atoms with Crippen LogP contribution in [-0.4, -0.2) is 11.5 Å². The molecule has 1 aromatic heterocycles. The summed E-state index contributed by atoms with van der Waals surface area (Å²) >= 11 is 6.07. The smallest absolute Gasteiger partial charge is 0.146 e. The summed E-state index contributed by atoms with van der Waals surface area (Å²) in [4.78, 5) is 4.16. The second kappa shape index (κ2) is 5.37. The molecule has 17 heavy (non-hydrogen) atoms. The van der Waals surface area contributed by atoms with Gasteiger partial charge in [-0.15, -0.1) is 0 Å². The fourth-order valence-electron chi connectivity index (χ4n) is 1.17. The average Bonchev–Trinajstić information content (AvgIpc) is 2.27. The molecule has 0 bridgehead atoms. The molecule has 0 spiro atoms. The maximum atomic E-state index is 8.87. The summed E-state index contributed by atoms with van der Waals surface area (Å²) in [6, 6.07) is 3.66. The Balaban J connectivity index is 2.81. The van der Waals surface area contributed by atoms with Crippen molar-refractivity contribution in [3.63, 3.8) is 0 Å². The van der Waals surface area contributed by atoms with Crippen LogP contribution in [0, 0.1) is 22.7 Å².